The smallest absolute Gasteiger partial charge is 0.156 e. The van der Waals surface area contributed by atoms with Crippen LogP contribution < -0.4 is 5.48 Å². The van der Waals surface area contributed by atoms with E-state index < -0.39 is 0 Å². The summed E-state index contributed by atoms with van der Waals surface area (Å²) in [5.41, 5.74) is 9.73. The lowest BCUT2D eigenvalue weighted by Gasteiger charge is -2.24. The van der Waals surface area contributed by atoms with E-state index in [1.54, 1.807) is 23.1 Å². The molecular formula is C23H26N4OS2. The van der Waals surface area contributed by atoms with Crippen molar-refractivity contribution in [3.05, 3.63) is 67.5 Å². The maximum Gasteiger partial charge on any atom is 0.156 e. The van der Waals surface area contributed by atoms with Crippen molar-refractivity contribution in [2.45, 2.75) is 57.5 Å². The Morgan fingerprint density at radius 3 is 2.53 bits per heavy atom. The van der Waals surface area contributed by atoms with Gasteiger partial charge in [-0.1, -0.05) is 17.8 Å². The molecule has 2 aromatic heterocycles. The number of amidine groups is 1. The number of nitrogens with one attached hydrogen (secondary N) is 1. The van der Waals surface area contributed by atoms with Gasteiger partial charge in [0.25, 0.3) is 0 Å². The minimum atomic E-state index is -0.0291. The molecular weight excluding hydrogens is 412 g/mol. The molecule has 0 bridgehead atoms. The van der Waals surface area contributed by atoms with Gasteiger partial charge in [0.05, 0.1) is 11.3 Å². The third kappa shape index (κ3) is 4.15. The zero-order chi connectivity index (χ0) is 21.4. The molecule has 3 heterocycles. The normalized spacial score (nSPS) is 16.3. The van der Waals surface area contributed by atoms with E-state index in [0.29, 0.717) is 6.61 Å². The van der Waals surface area contributed by atoms with E-state index >= 15 is 0 Å². The molecule has 0 saturated carbocycles. The number of thiophene rings is 1. The van der Waals surface area contributed by atoms with Crippen LogP contribution in [0.25, 0.3) is 0 Å². The van der Waals surface area contributed by atoms with Gasteiger partial charge in [0.2, 0.25) is 0 Å². The Labute approximate surface area is 186 Å². The average molecular weight is 439 g/mol. The molecule has 1 aliphatic heterocycles. The first-order valence-corrected chi connectivity index (χ1v) is 11.6. The Hall–Kier alpha value is -2.22. The molecule has 1 aromatic carbocycles. The van der Waals surface area contributed by atoms with E-state index in [1.807, 2.05) is 6.92 Å². The van der Waals surface area contributed by atoms with Crippen molar-refractivity contribution in [2.24, 2.45) is 4.99 Å². The number of nitrogens with zero attached hydrogens (tertiary/aromatic N) is 3. The maximum atomic E-state index is 5.77. The summed E-state index contributed by atoms with van der Waals surface area (Å²) in [7, 11) is 0. The largest absolute Gasteiger partial charge is 0.272 e. The van der Waals surface area contributed by atoms with E-state index in [1.165, 1.54) is 26.4 Å². The molecule has 5 nitrogen and oxygen atoms in total. The predicted octanol–water partition coefficient (Wildman–Crippen LogP) is 5.56. The summed E-state index contributed by atoms with van der Waals surface area (Å²) in [4.78, 5) is 14.5. The van der Waals surface area contributed by atoms with Crippen molar-refractivity contribution in [3.63, 3.8) is 0 Å². The van der Waals surface area contributed by atoms with Gasteiger partial charge in [0, 0.05) is 14.6 Å². The number of hydrogen-bond acceptors (Lipinski definition) is 7. The van der Waals surface area contributed by atoms with Gasteiger partial charge in [-0.3, -0.25) is 9.83 Å². The van der Waals surface area contributed by atoms with Gasteiger partial charge in [-0.05, 0) is 82.0 Å². The number of aryl methyl sites for hydroxylation is 5. The Morgan fingerprint density at radius 2 is 1.83 bits per heavy atom. The van der Waals surface area contributed by atoms with Gasteiger partial charge in [-0.15, -0.1) is 16.4 Å². The molecule has 0 spiro atoms. The fourth-order valence-electron chi connectivity index (χ4n) is 3.49. The number of hydroxylamine groups is 1. The highest BCUT2D eigenvalue weighted by atomic mass is 32.2. The highest BCUT2D eigenvalue weighted by Gasteiger charge is 2.25. The molecule has 0 unspecified atom stereocenters. The highest BCUT2D eigenvalue weighted by molar-refractivity contribution is 7.99. The summed E-state index contributed by atoms with van der Waals surface area (Å²) in [6.07, 6.45) is 0. The molecule has 0 saturated heterocycles. The first-order valence-electron chi connectivity index (χ1n) is 9.95. The van der Waals surface area contributed by atoms with Crippen LogP contribution in [-0.2, 0) is 4.84 Å². The van der Waals surface area contributed by atoms with Gasteiger partial charge in [0.15, 0.2) is 5.84 Å². The van der Waals surface area contributed by atoms with Crippen molar-refractivity contribution >= 4 is 28.9 Å². The Kier molecular flexibility index (Phi) is 5.95. The number of rotatable bonds is 4. The van der Waals surface area contributed by atoms with Crippen molar-refractivity contribution < 1.29 is 4.84 Å². The molecule has 4 rings (SSSR count). The topological polar surface area (TPSA) is 59.4 Å². The highest BCUT2D eigenvalue weighted by Crippen LogP contribution is 2.34. The minimum absolute atomic E-state index is 0.0291. The van der Waals surface area contributed by atoms with Crippen molar-refractivity contribution in [1.29, 1.82) is 0 Å². The quantitative estimate of drug-likeness (QED) is 0.578. The molecule has 0 aliphatic carbocycles. The number of aromatic nitrogens is 2. The predicted molar refractivity (Wildman–Crippen MR) is 124 cm³/mol. The van der Waals surface area contributed by atoms with Gasteiger partial charge in [-0.2, -0.15) is 5.10 Å². The SMILES string of the molecule is Cc1cc([C@H]2CONC(c3c(Sc4ccc(C)c(C)c4)nnc(C)c3C)=N2)c(C)s1. The van der Waals surface area contributed by atoms with Crippen LogP contribution in [0.4, 0.5) is 0 Å². The lowest BCUT2D eigenvalue weighted by Crippen LogP contribution is -2.34. The zero-order valence-electron chi connectivity index (χ0n) is 18.2. The van der Waals surface area contributed by atoms with Crippen LogP contribution >= 0.6 is 23.1 Å². The van der Waals surface area contributed by atoms with Gasteiger partial charge in [0.1, 0.15) is 17.7 Å². The third-order valence-electron chi connectivity index (χ3n) is 5.49. The summed E-state index contributed by atoms with van der Waals surface area (Å²) in [6.45, 7) is 13.1. The zero-order valence-corrected chi connectivity index (χ0v) is 19.8. The molecule has 7 heteroatoms. The Morgan fingerprint density at radius 1 is 1.03 bits per heavy atom. The molecule has 0 radical (unpaired) electrons. The fourth-order valence-corrected chi connectivity index (χ4v) is 5.50. The second kappa shape index (κ2) is 8.49. The van der Waals surface area contributed by atoms with Crippen molar-refractivity contribution in [1.82, 2.24) is 15.7 Å². The molecule has 0 amide bonds. The molecule has 1 atom stereocenters. The summed E-state index contributed by atoms with van der Waals surface area (Å²) in [5.74, 6) is 0.719. The van der Waals surface area contributed by atoms with Crippen molar-refractivity contribution in [2.75, 3.05) is 6.61 Å². The number of aliphatic imine (C=N–C) groups is 1. The summed E-state index contributed by atoms with van der Waals surface area (Å²) in [5, 5.41) is 9.72. The van der Waals surface area contributed by atoms with E-state index in [0.717, 1.165) is 32.6 Å². The minimum Gasteiger partial charge on any atom is -0.272 e. The van der Waals surface area contributed by atoms with Crippen LogP contribution in [0.3, 0.4) is 0 Å². The molecule has 30 heavy (non-hydrogen) atoms. The summed E-state index contributed by atoms with van der Waals surface area (Å²) >= 11 is 3.41. The summed E-state index contributed by atoms with van der Waals surface area (Å²) in [6, 6.07) is 8.64. The molecule has 1 N–H and O–H groups in total. The molecule has 156 valence electrons. The number of benzene rings is 1. The van der Waals surface area contributed by atoms with Crippen LogP contribution in [0.15, 0.2) is 39.2 Å². The average Bonchev–Trinajstić information content (AvgIpc) is 3.06. The first kappa shape index (κ1) is 21.0. The van der Waals surface area contributed by atoms with Gasteiger partial charge in [-0.25, -0.2) is 5.48 Å². The monoisotopic (exact) mass is 438 g/mol. The second-order valence-corrected chi connectivity index (χ2v) is 10.2. The Bertz CT molecular complexity index is 1140. The van der Waals surface area contributed by atoms with Crippen LogP contribution in [0, 0.1) is 41.5 Å². The van der Waals surface area contributed by atoms with Gasteiger partial charge >= 0.3 is 0 Å². The lowest BCUT2D eigenvalue weighted by molar-refractivity contribution is 0.0620. The molecule has 0 fully saturated rings. The van der Waals surface area contributed by atoms with Crippen LogP contribution in [0.1, 0.15) is 49.3 Å². The van der Waals surface area contributed by atoms with Gasteiger partial charge < -0.3 is 0 Å². The number of hydrogen-bond donors (Lipinski definition) is 1. The van der Waals surface area contributed by atoms with E-state index in [-0.39, 0.29) is 6.04 Å². The van der Waals surface area contributed by atoms with E-state index in [2.05, 4.69) is 74.6 Å². The van der Waals surface area contributed by atoms with Crippen LogP contribution in [0.5, 0.6) is 0 Å². The summed E-state index contributed by atoms with van der Waals surface area (Å²) < 4.78 is 0. The molecule has 1 aliphatic rings. The maximum absolute atomic E-state index is 5.77. The first-order chi connectivity index (χ1) is 14.3. The Balaban J connectivity index is 1.76. The van der Waals surface area contributed by atoms with Crippen LogP contribution in [-0.4, -0.2) is 22.6 Å². The van der Waals surface area contributed by atoms with Crippen molar-refractivity contribution in [3.8, 4) is 0 Å². The lowest BCUT2D eigenvalue weighted by atomic mass is 10.1. The van der Waals surface area contributed by atoms with E-state index in [4.69, 9.17) is 9.83 Å². The standard InChI is InChI=1S/C23H26N4OS2/c1-12-7-8-18(9-13(12)2)30-23-21(15(4)16(5)25-26-23)22-24-20(11-28-27-22)19-10-14(3)29-17(19)6/h7-10,20H,11H2,1-6H3,(H,24,27)/t20-/m1/s1. The fraction of sp³-hybridized carbons (Fsp3) is 0.348. The molecule has 3 aromatic rings. The van der Waals surface area contributed by atoms with Crippen LogP contribution in [0.2, 0.25) is 0 Å². The third-order valence-corrected chi connectivity index (χ3v) is 7.44. The van der Waals surface area contributed by atoms with E-state index in [9.17, 15) is 0 Å². The second-order valence-electron chi connectivity index (χ2n) is 7.71.